The highest BCUT2D eigenvalue weighted by Gasteiger charge is 2.26. The molecule has 0 N–H and O–H groups in total. The molecule has 0 radical (unpaired) electrons. The average molecular weight is 343 g/mol. The molecular weight excluding hydrogens is 330 g/mol. The first-order valence-electron chi connectivity index (χ1n) is 6.95. The maximum Gasteiger partial charge on any atom is 0.305 e. The number of fused-ring (bicyclic) bond motifs is 1. The molecule has 1 fully saturated rings. The summed E-state index contributed by atoms with van der Waals surface area (Å²) in [4.78, 5) is 18.0. The molecule has 1 aliphatic heterocycles. The normalized spacial score (nSPS) is 16.1. The molecule has 0 aliphatic carbocycles. The third kappa shape index (κ3) is 2.68. The molecule has 1 aliphatic rings. The van der Waals surface area contributed by atoms with Crippen molar-refractivity contribution >= 4 is 34.0 Å². The molecule has 0 amide bonds. The SMILES string of the molecule is CN1CCN(c2nc3ccc([N+](=O)[O-])c(F)c3c(F)c2Cl)CC1. The topological polar surface area (TPSA) is 62.5 Å². The van der Waals surface area contributed by atoms with E-state index in [9.17, 15) is 18.9 Å². The van der Waals surface area contributed by atoms with E-state index in [0.717, 1.165) is 19.2 Å². The number of nitro groups is 1. The van der Waals surface area contributed by atoms with Crippen molar-refractivity contribution < 1.29 is 13.7 Å². The molecule has 3 rings (SSSR count). The maximum atomic E-state index is 14.5. The van der Waals surface area contributed by atoms with Gasteiger partial charge in [-0.25, -0.2) is 9.37 Å². The summed E-state index contributed by atoms with van der Waals surface area (Å²) in [5.74, 6) is -2.05. The van der Waals surface area contributed by atoms with Crippen LogP contribution in [0, 0.1) is 21.7 Å². The van der Waals surface area contributed by atoms with Gasteiger partial charge in [0.2, 0.25) is 5.82 Å². The number of piperazine rings is 1. The van der Waals surface area contributed by atoms with Gasteiger partial charge in [0, 0.05) is 32.2 Å². The fraction of sp³-hybridized carbons (Fsp3) is 0.357. The number of likely N-dealkylation sites (N-methyl/N-ethyl adjacent to an activating group) is 1. The second-order valence-corrected chi connectivity index (χ2v) is 5.78. The summed E-state index contributed by atoms with van der Waals surface area (Å²) in [6.07, 6.45) is 0. The number of benzene rings is 1. The zero-order valence-electron chi connectivity index (χ0n) is 12.2. The van der Waals surface area contributed by atoms with Gasteiger partial charge in [-0.2, -0.15) is 4.39 Å². The van der Waals surface area contributed by atoms with Crippen LogP contribution in [0.1, 0.15) is 0 Å². The Kier molecular flexibility index (Phi) is 4.03. The van der Waals surface area contributed by atoms with Crippen molar-refractivity contribution in [2.75, 3.05) is 38.1 Å². The first-order valence-corrected chi connectivity index (χ1v) is 7.33. The van der Waals surface area contributed by atoms with Crippen molar-refractivity contribution in [3.05, 3.63) is 38.9 Å². The minimum absolute atomic E-state index is 0.00364. The van der Waals surface area contributed by atoms with Gasteiger partial charge in [0.25, 0.3) is 0 Å². The predicted molar refractivity (Wildman–Crippen MR) is 83.0 cm³/mol. The Morgan fingerprint density at radius 3 is 2.48 bits per heavy atom. The van der Waals surface area contributed by atoms with E-state index >= 15 is 0 Å². The molecule has 2 heterocycles. The Morgan fingerprint density at radius 2 is 1.87 bits per heavy atom. The van der Waals surface area contributed by atoms with E-state index < -0.39 is 27.6 Å². The van der Waals surface area contributed by atoms with Crippen LogP contribution in [0.25, 0.3) is 10.9 Å². The van der Waals surface area contributed by atoms with Gasteiger partial charge in [-0.05, 0) is 13.1 Å². The molecule has 23 heavy (non-hydrogen) atoms. The first kappa shape index (κ1) is 15.8. The largest absolute Gasteiger partial charge is 0.353 e. The van der Waals surface area contributed by atoms with Gasteiger partial charge >= 0.3 is 5.69 Å². The number of aromatic nitrogens is 1. The van der Waals surface area contributed by atoms with Crippen molar-refractivity contribution in [3.63, 3.8) is 0 Å². The standard InChI is InChI=1S/C14H13ClF2N4O2/c1-19-4-6-20(7-5-19)14-11(15)13(17)10-8(18-14)2-3-9(12(10)16)21(22)23/h2-3H,4-7H2,1H3. The molecule has 122 valence electrons. The van der Waals surface area contributed by atoms with E-state index in [4.69, 9.17) is 11.6 Å². The summed E-state index contributed by atoms with van der Waals surface area (Å²) in [5.41, 5.74) is -0.800. The van der Waals surface area contributed by atoms with Gasteiger partial charge in [0.1, 0.15) is 5.02 Å². The first-order chi connectivity index (χ1) is 10.9. The van der Waals surface area contributed by atoms with Crippen molar-refractivity contribution in [2.45, 2.75) is 0 Å². The fourth-order valence-electron chi connectivity index (χ4n) is 2.60. The number of hydrogen-bond donors (Lipinski definition) is 0. The number of rotatable bonds is 2. The van der Waals surface area contributed by atoms with E-state index in [2.05, 4.69) is 9.88 Å². The summed E-state index contributed by atoms with van der Waals surface area (Å²) in [6, 6.07) is 2.21. The fourth-order valence-corrected chi connectivity index (χ4v) is 2.85. The van der Waals surface area contributed by atoms with Crippen molar-refractivity contribution in [1.29, 1.82) is 0 Å². The van der Waals surface area contributed by atoms with Gasteiger partial charge in [-0.1, -0.05) is 11.6 Å². The third-order valence-corrected chi connectivity index (χ3v) is 4.27. The molecular formula is C14H13ClF2N4O2. The monoisotopic (exact) mass is 342 g/mol. The Labute approximate surface area is 135 Å². The lowest BCUT2D eigenvalue weighted by atomic mass is 10.1. The minimum atomic E-state index is -1.26. The molecule has 0 unspecified atom stereocenters. The van der Waals surface area contributed by atoms with E-state index in [0.29, 0.717) is 13.1 Å². The molecule has 0 bridgehead atoms. The van der Waals surface area contributed by atoms with Gasteiger partial charge in [0.15, 0.2) is 11.6 Å². The summed E-state index contributed by atoms with van der Waals surface area (Å²) in [7, 11) is 1.97. The molecule has 9 heteroatoms. The van der Waals surface area contributed by atoms with Crippen LogP contribution in [0.5, 0.6) is 0 Å². The molecule has 0 saturated carbocycles. The lowest BCUT2D eigenvalue weighted by molar-refractivity contribution is -0.387. The number of nitro benzene ring substituents is 1. The molecule has 2 aromatic rings. The van der Waals surface area contributed by atoms with E-state index in [1.54, 1.807) is 0 Å². The van der Waals surface area contributed by atoms with Crippen molar-refractivity contribution in [1.82, 2.24) is 9.88 Å². The van der Waals surface area contributed by atoms with Crippen molar-refractivity contribution in [2.24, 2.45) is 0 Å². The van der Waals surface area contributed by atoms with Gasteiger partial charge in [-0.3, -0.25) is 10.1 Å². The highest BCUT2D eigenvalue weighted by Crippen LogP contribution is 2.35. The van der Waals surface area contributed by atoms with Crippen LogP contribution in [0.3, 0.4) is 0 Å². The zero-order valence-corrected chi connectivity index (χ0v) is 13.0. The number of nitrogens with zero attached hydrogens (tertiary/aromatic N) is 4. The smallest absolute Gasteiger partial charge is 0.305 e. The van der Waals surface area contributed by atoms with Crippen LogP contribution in [-0.2, 0) is 0 Å². The number of hydrogen-bond acceptors (Lipinski definition) is 5. The third-order valence-electron chi connectivity index (χ3n) is 3.93. The van der Waals surface area contributed by atoms with Crippen LogP contribution in [0.15, 0.2) is 12.1 Å². The molecule has 1 aromatic carbocycles. The Morgan fingerprint density at radius 1 is 1.22 bits per heavy atom. The van der Waals surface area contributed by atoms with E-state index in [1.807, 2.05) is 11.9 Å². The molecule has 1 saturated heterocycles. The van der Waals surface area contributed by atoms with Crippen LogP contribution in [0.2, 0.25) is 5.02 Å². The molecule has 1 aromatic heterocycles. The quantitative estimate of drug-likeness (QED) is 0.620. The number of halogens is 3. The summed E-state index contributed by atoms with van der Waals surface area (Å²) in [6.45, 7) is 2.77. The number of anilines is 1. The lowest BCUT2D eigenvalue weighted by Gasteiger charge is -2.33. The second-order valence-electron chi connectivity index (χ2n) is 5.40. The second kappa shape index (κ2) is 5.86. The Bertz CT molecular complexity index is 794. The minimum Gasteiger partial charge on any atom is -0.353 e. The summed E-state index contributed by atoms with van der Waals surface area (Å²) in [5, 5.41) is 9.91. The van der Waals surface area contributed by atoms with Crippen LogP contribution in [-0.4, -0.2) is 48.0 Å². The molecule has 6 nitrogen and oxygen atoms in total. The highest BCUT2D eigenvalue weighted by molar-refractivity contribution is 6.33. The summed E-state index contributed by atoms with van der Waals surface area (Å²) < 4.78 is 28.7. The number of pyridine rings is 1. The van der Waals surface area contributed by atoms with Gasteiger partial charge in [0.05, 0.1) is 15.8 Å². The van der Waals surface area contributed by atoms with Gasteiger partial charge in [-0.15, -0.1) is 0 Å². The predicted octanol–water partition coefficient (Wildman–Crippen LogP) is 2.83. The van der Waals surface area contributed by atoms with E-state index in [-0.39, 0.29) is 16.4 Å². The van der Waals surface area contributed by atoms with Gasteiger partial charge < -0.3 is 9.80 Å². The zero-order chi connectivity index (χ0) is 16.7. The Hall–Kier alpha value is -2.06. The van der Waals surface area contributed by atoms with E-state index in [1.165, 1.54) is 6.07 Å². The average Bonchev–Trinajstić information content (AvgIpc) is 2.51. The Balaban J connectivity index is 2.15. The highest BCUT2D eigenvalue weighted by atomic mass is 35.5. The van der Waals surface area contributed by atoms with Crippen LogP contribution < -0.4 is 4.90 Å². The summed E-state index contributed by atoms with van der Waals surface area (Å²) >= 11 is 6.02. The van der Waals surface area contributed by atoms with Crippen LogP contribution in [0.4, 0.5) is 20.3 Å². The molecule has 0 spiro atoms. The lowest BCUT2D eigenvalue weighted by Crippen LogP contribution is -2.45. The van der Waals surface area contributed by atoms with Crippen LogP contribution >= 0.6 is 11.6 Å². The maximum absolute atomic E-state index is 14.5. The molecule has 0 atom stereocenters. The van der Waals surface area contributed by atoms with Crippen molar-refractivity contribution in [3.8, 4) is 0 Å².